The van der Waals surface area contributed by atoms with Crippen molar-refractivity contribution >= 4 is 23.2 Å². The Morgan fingerprint density at radius 1 is 1.56 bits per heavy atom. The Labute approximate surface area is 112 Å². The summed E-state index contributed by atoms with van der Waals surface area (Å²) in [5.74, 6) is 0.574. The zero-order valence-electron chi connectivity index (χ0n) is 10.7. The second-order valence-electron chi connectivity index (χ2n) is 5.01. The van der Waals surface area contributed by atoms with Gasteiger partial charge < -0.3 is 10.6 Å². The van der Waals surface area contributed by atoms with Crippen molar-refractivity contribution in [2.24, 2.45) is 5.92 Å². The quantitative estimate of drug-likeness (QED) is 0.807. The largest absolute Gasteiger partial charge is 0.382 e. The van der Waals surface area contributed by atoms with Crippen LogP contribution in [0.1, 0.15) is 37.0 Å². The third kappa shape index (κ3) is 3.60. The van der Waals surface area contributed by atoms with Crippen molar-refractivity contribution in [3.8, 4) is 0 Å². The minimum absolute atomic E-state index is 0.0887. The molecule has 0 atom stereocenters. The first-order valence-electron chi connectivity index (χ1n) is 6.26. The molecule has 1 aliphatic rings. The number of rotatable bonds is 5. The number of anilines is 1. The maximum atomic E-state index is 12.1. The third-order valence-electron chi connectivity index (χ3n) is 2.81. The van der Waals surface area contributed by atoms with Gasteiger partial charge in [0.25, 0.3) is 5.91 Å². The van der Waals surface area contributed by atoms with Crippen molar-refractivity contribution in [2.45, 2.75) is 32.7 Å². The van der Waals surface area contributed by atoms with E-state index in [9.17, 15) is 4.79 Å². The number of aromatic nitrogens is 1. The van der Waals surface area contributed by atoms with E-state index in [1.54, 1.807) is 6.07 Å². The molecular weight excluding hydrogens is 250 g/mol. The van der Waals surface area contributed by atoms with Gasteiger partial charge in [-0.05, 0) is 38.7 Å². The molecule has 0 aliphatic heterocycles. The van der Waals surface area contributed by atoms with E-state index in [1.165, 1.54) is 19.0 Å². The molecule has 0 unspecified atom stereocenters. The van der Waals surface area contributed by atoms with Crippen LogP contribution in [0.4, 0.5) is 5.69 Å². The lowest BCUT2D eigenvalue weighted by Crippen LogP contribution is -2.27. The van der Waals surface area contributed by atoms with Crippen molar-refractivity contribution in [3.05, 3.63) is 23.0 Å². The number of carbonyl (C=O) groups is 1. The summed E-state index contributed by atoms with van der Waals surface area (Å²) < 4.78 is 0. The van der Waals surface area contributed by atoms with Gasteiger partial charge in [0.05, 0.1) is 11.3 Å². The van der Waals surface area contributed by atoms with E-state index < -0.39 is 0 Å². The van der Waals surface area contributed by atoms with Crippen molar-refractivity contribution in [3.63, 3.8) is 0 Å². The lowest BCUT2D eigenvalue weighted by Gasteiger charge is -2.14. The van der Waals surface area contributed by atoms with E-state index in [0.717, 1.165) is 12.2 Å². The van der Waals surface area contributed by atoms with E-state index in [4.69, 9.17) is 11.6 Å². The maximum absolute atomic E-state index is 12.1. The topological polar surface area (TPSA) is 54.0 Å². The van der Waals surface area contributed by atoms with Crippen LogP contribution in [0.2, 0.25) is 5.15 Å². The van der Waals surface area contributed by atoms with Crippen molar-refractivity contribution < 1.29 is 4.79 Å². The number of halogens is 1. The molecule has 0 aromatic carbocycles. The van der Waals surface area contributed by atoms with E-state index in [1.807, 2.05) is 13.8 Å². The van der Waals surface area contributed by atoms with Crippen molar-refractivity contribution in [1.29, 1.82) is 0 Å². The number of hydrogen-bond acceptors (Lipinski definition) is 3. The number of hydrogen-bond donors (Lipinski definition) is 2. The van der Waals surface area contributed by atoms with Crippen molar-refractivity contribution in [1.82, 2.24) is 10.3 Å². The van der Waals surface area contributed by atoms with Gasteiger partial charge >= 0.3 is 0 Å². The van der Waals surface area contributed by atoms with E-state index in [2.05, 4.69) is 15.6 Å². The third-order valence-corrected chi connectivity index (χ3v) is 3.01. The predicted octanol–water partition coefficient (Wildman–Crippen LogP) is 2.70. The Hall–Kier alpha value is -1.29. The fourth-order valence-electron chi connectivity index (χ4n) is 1.70. The zero-order chi connectivity index (χ0) is 13.1. The summed E-state index contributed by atoms with van der Waals surface area (Å²) in [5, 5.41) is 6.53. The molecule has 5 heteroatoms. The molecule has 0 saturated heterocycles. The molecule has 0 bridgehead atoms. The molecule has 1 heterocycles. The van der Waals surface area contributed by atoms with Gasteiger partial charge in [-0.15, -0.1) is 0 Å². The number of pyridine rings is 1. The first kappa shape index (κ1) is 13.1. The van der Waals surface area contributed by atoms with Gasteiger partial charge in [-0.2, -0.15) is 0 Å². The van der Waals surface area contributed by atoms with Gasteiger partial charge in [0.1, 0.15) is 5.15 Å². The van der Waals surface area contributed by atoms with Crippen LogP contribution in [0.25, 0.3) is 0 Å². The van der Waals surface area contributed by atoms with Crippen LogP contribution in [-0.2, 0) is 0 Å². The molecule has 1 saturated carbocycles. The fourth-order valence-corrected chi connectivity index (χ4v) is 1.85. The van der Waals surface area contributed by atoms with Gasteiger partial charge in [0, 0.05) is 18.8 Å². The van der Waals surface area contributed by atoms with Crippen LogP contribution in [0.15, 0.2) is 12.3 Å². The minimum atomic E-state index is -0.0887. The Morgan fingerprint density at radius 2 is 2.28 bits per heavy atom. The smallest absolute Gasteiger partial charge is 0.254 e. The summed E-state index contributed by atoms with van der Waals surface area (Å²) in [5.41, 5.74) is 1.28. The van der Waals surface area contributed by atoms with Crippen LogP contribution in [-0.4, -0.2) is 23.5 Å². The molecule has 1 amide bonds. The highest BCUT2D eigenvalue weighted by molar-refractivity contribution is 6.29. The molecule has 2 N–H and O–H groups in total. The van der Waals surface area contributed by atoms with Crippen LogP contribution in [0.5, 0.6) is 0 Å². The Balaban J connectivity index is 2.10. The molecule has 2 rings (SSSR count). The summed E-state index contributed by atoms with van der Waals surface area (Å²) in [6, 6.07) is 1.92. The number of amides is 1. The van der Waals surface area contributed by atoms with E-state index >= 15 is 0 Å². The molecular formula is C13H18ClN3O. The molecule has 1 aromatic rings. The summed E-state index contributed by atoms with van der Waals surface area (Å²) in [4.78, 5) is 16.0. The normalized spacial score (nSPS) is 14.7. The second kappa shape index (κ2) is 5.57. The molecule has 0 radical (unpaired) electrons. The Bertz CT molecular complexity index is 444. The second-order valence-corrected chi connectivity index (χ2v) is 5.39. The fraction of sp³-hybridized carbons (Fsp3) is 0.538. The monoisotopic (exact) mass is 267 g/mol. The van der Waals surface area contributed by atoms with Crippen molar-refractivity contribution in [2.75, 3.05) is 11.9 Å². The van der Waals surface area contributed by atoms with Crippen LogP contribution < -0.4 is 10.6 Å². The summed E-state index contributed by atoms with van der Waals surface area (Å²) in [7, 11) is 0. The number of nitrogens with zero attached hydrogens (tertiary/aromatic N) is 1. The number of nitrogens with one attached hydrogen (secondary N) is 2. The van der Waals surface area contributed by atoms with E-state index in [-0.39, 0.29) is 11.9 Å². The van der Waals surface area contributed by atoms with Gasteiger partial charge in [-0.1, -0.05) is 11.6 Å². The molecule has 1 aliphatic carbocycles. The van der Waals surface area contributed by atoms with Crippen LogP contribution >= 0.6 is 11.6 Å². The molecule has 18 heavy (non-hydrogen) atoms. The van der Waals surface area contributed by atoms with Gasteiger partial charge in [0.15, 0.2) is 0 Å². The van der Waals surface area contributed by atoms with Gasteiger partial charge in [0.2, 0.25) is 0 Å². The molecule has 0 spiro atoms. The summed E-state index contributed by atoms with van der Waals surface area (Å²) in [6.07, 6.45) is 3.96. The highest BCUT2D eigenvalue weighted by Gasteiger charge is 2.22. The predicted molar refractivity (Wildman–Crippen MR) is 73.1 cm³/mol. The highest BCUT2D eigenvalue weighted by atomic mass is 35.5. The van der Waals surface area contributed by atoms with Crippen LogP contribution in [0.3, 0.4) is 0 Å². The first-order valence-corrected chi connectivity index (χ1v) is 6.64. The minimum Gasteiger partial charge on any atom is -0.382 e. The average Bonchev–Trinajstić information content (AvgIpc) is 3.09. The lowest BCUT2D eigenvalue weighted by atomic mass is 10.2. The average molecular weight is 268 g/mol. The summed E-state index contributed by atoms with van der Waals surface area (Å²) in [6.45, 7) is 4.78. The van der Waals surface area contributed by atoms with Gasteiger partial charge in [-0.25, -0.2) is 4.98 Å². The standard InChI is InChI=1S/C13H18ClN3O/c1-8(2)17-11-5-12(14)15-7-10(11)13(18)16-6-9-3-4-9/h5,7-9H,3-4,6H2,1-2H3,(H,15,17)(H,16,18). The highest BCUT2D eigenvalue weighted by Crippen LogP contribution is 2.28. The molecule has 1 fully saturated rings. The SMILES string of the molecule is CC(C)Nc1cc(Cl)ncc1C(=O)NCC1CC1. The van der Waals surface area contributed by atoms with E-state index in [0.29, 0.717) is 16.6 Å². The molecule has 98 valence electrons. The number of carbonyl (C=O) groups excluding carboxylic acids is 1. The Morgan fingerprint density at radius 3 is 2.89 bits per heavy atom. The molecule has 1 aromatic heterocycles. The first-order chi connectivity index (χ1) is 8.56. The molecule has 4 nitrogen and oxygen atoms in total. The Kier molecular flexibility index (Phi) is 4.07. The van der Waals surface area contributed by atoms with Crippen LogP contribution in [0, 0.1) is 5.92 Å². The zero-order valence-corrected chi connectivity index (χ0v) is 11.4. The lowest BCUT2D eigenvalue weighted by molar-refractivity contribution is 0.0952. The summed E-state index contributed by atoms with van der Waals surface area (Å²) >= 11 is 5.86. The van der Waals surface area contributed by atoms with Gasteiger partial charge in [-0.3, -0.25) is 4.79 Å². The maximum Gasteiger partial charge on any atom is 0.254 e.